The van der Waals surface area contributed by atoms with Gasteiger partial charge in [0.1, 0.15) is 5.82 Å². The van der Waals surface area contributed by atoms with Crippen molar-refractivity contribution < 1.29 is 9.13 Å². The van der Waals surface area contributed by atoms with E-state index >= 15 is 0 Å². The first-order valence-corrected chi connectivity index (χ1v) is 7.87. The van der Waals surface area contributed by atoms with E-state index in [2.05, 4.69) is 12.2 Å². The molecule has 2 aliphatic carbocycles. The highest BCUT2D eigenvalue weighted by Crippen LogP contribution is 2.55. The minimum Gasteiger partial charge on any atom is -0.382 e. The Bertz CT molecular complexity index is 487. The van der Waals surface area contributed by atoms with Crippen molar-refractivity contribution in [1.29, 1.82) is 0 Å². The molecule has 20 heavy (non-hydrogen) atoms. The summed E-state index contributed by atoms with van der Waals surface area (Å²) < 4.78 is 19.1. The average Bonchev–Trinajstić information content (AvgIpc) is 2.94. The fourth-order valence-corrected chi connectivity index (χ4v) is 4.06. The minimum atomic E-state index is -0.367. The molecule has 1 aromatic rings. The predicted octanol–water partition coefficient (Wildman–Crippen LogP) is 4.63. The summed E-state index contributed by atoms with van der Waals surface area (Å²) in [5, 5.41) is 3.71. The Morgan fingerprint density at radius 2 is 2.15 bits per heavy atom. The van der Waals surface area contributed by atoms with Gasteiger partial charge in [0.15, 0.2) is 0 Å². The average molecular weight is 298 g/mol. The Morgan fingerprint density at radius 1 is 1.40 bits per heavy atom. The number of hydrogen-bond acceptors (Lipinski definition) is 2. The standard InChI is InChI=1S/C16H21ClFNO/c1-2-20-15-10-14(16(15)7-3-4-8-16)19-11-5-6-13(18)12(17)9-11/h5-6,9,14-15,19H,2-4,7-8,10H2,1H3. The van der Waals surface area contributed by atoms with Crippen molar-refractivity contribution >= 4 is 17.3 Å². The monoisotopic (exact) mass is 297 g/mol. The molecule has 0 saturated heterocycles. The number of halogens is 2. The van der Waals surface area contributed by atoms with Crippen molar-refractivity contribution in [2.75, 3.05) is 11.9 Å². The quantitative estimate of drug-likeness (QED) is 0.875. The van der Waals surface area contributed by atoms with E-state index in [4.69, 9.17) is 16.3 Å². The number of benzene rings is 1. The largest absolute Gasteiger partial charge is 0.382 e. The lowest BCUT2D eigenvalue weighted by Gasteiger charge is -2.54. The Balaban J connectivity index is 1.72. The molecule has 1 N–H and O–H groups in total. The molecule has 2 unspecified atom stereocenters. The van der Waals surface area contributed by atoms with Gasteiger partial charge >= 0.3 is 0 Å². The van der Waals surface area contributed by atoms with E-state index in [0.717, 1.165) is 18.7 Å². The molecule has 1 aromatic carbocycles. The normalized spacial score (nSPS) is 27.6. The summed E-state index contributed by atoms with van der Waals surface area (Å²) >= 11 is 5.85. The molecule has 2 atom stereocenters. The summed E-state index contributed by atoms with van der Waals surface area (Å²) in [4.78, 5) is 0. The smallest absolute Gasteiger partial charge is 0.141 e. The van der Waals surface area contributed by atoms with Gasteiger partial charge < -0.3 is 10.1 Å². The van der Waals surface area contributed by atoms with Gasteiger partial charge in [-0.1, -0.05) is 24.4 Å². The maximum Gasteiger partial charge on any atom is 0.141 e. The van der Waals surface area contributed by atoms with Gasteiger partial charge in [-0.05, 0) is 44.4 Å². The van der Waals surface area contributed by atoms with Crippen molar-refractivity contribution in [1.82, 2.24) is 0 Å². The first-order valence-electron chi connectivity index (χ1n) is 7.49. The van der Waals surface area contributed by atoms with E-state index in [0.29, 0.717) is 12.1 Å². The summed E-state index contributed by atoms with van der Waals surface area (Å²) in [5.74, 6) is -0.367. The SMILES string of the molecule is CCOC1CC(Nc2ccc(F)c(Cl)c2)C12CCCC2. The highest BCUT2D eigenvalue weighted by molar-refractivity contribution is 6.31. The summed E-state index contributed by atoms with van der Waals surface area (Å²) in [6, 6.07) is 5.28. The third-order valence-electron chi connectivity index (χ3n) is 4.95. The summed E-state index contributed by atoms with van der Waals surface area (Å²) in [6.07, 6.45) is 6.43. The van der Waals surface area contributed by atoms with E-state index in [9.17, 15) is 4.39 Å². The van der Waals surface area contributed by atoms with E-state index in [1.54, 1.807) is 12.1 Å². The number of anilines is 1. The van der Waals surface area contributed by atoms with E-state index < -0.39 is 0 Å². The topological polar surface area (TPSA) is 21.3 Å². The zero-order valence-corrected chi connectivity index (χ0v) is 12.5. The molecule has 0 aliphatic heterocycles. The molecule has 1 spiro atoms. The molecule has 0 radical (unpaired) electrons. The first kappa shape index (κ1) is 14.2. The van der Waals surface area contributed by atoms with E-state index in [-0.39, 0.29) is 16.3 Å². The predicted molar refractivity (Wildman–Crippen MR) is 79.8 cm³/mol. The molecule has 2 fully saturated rings. The Labute approximate surface area is 124 Å². The summed E-state index contributed by atoms with van der Waals surface area (Å²) in [6.45, 7) is 2.84. The van der Waals surface area contributed by atoms with Gasteiger partial charge in [-0.15, -0.1) is 0 Å². The van der Waals surface area contributed by atoms with Crippen molar-refractivity contribution in [3.63, 3.8) is 0 Å². The van der Waals surface area contributed by atoms with Crippen LogP contribution in [0.15, 0.2) is 18.2 Å². The van der Waals surface area contributed by atoms with Crippen LogP contribution in [-0.2, 0) is 4.74 Å². The molecule has 110 valence electrons. The van der Waals surface area contributed by atoms with Crippen LogP contribution < -0.4 is 5.32 Å². The van der Waals surface area contributed by atoms with Crippen molar-refractivity contribution in [3.8, 4) is 0 Å². The second-order valence-electron chi connectivity index (χ2n) is 5.95. The number of rotatable bonds is 4. The van der Waals surface area contributed by atoms with Crippen LogP contribution in [0.25, 0.3) is 0 Å². The molecule has 2 nitrogen and oxygen atoms in total. The van der Waals surface area contributed by atoms with E-state index in [1.165, 1.54) is 31.7 Å². The molecule has 2 saturated carbocycles. The highest BCUT2D eigenvalue weighted by atomic mass is 35.5. The first-order chi connectivity index (χ1) is 9.65. The van der Waals surface area contributed by atoms with Crippen LogP contribution in [-0.4, -0.2) is 18.8 Å². The van der Waals surface area contributed by atoms with Crippen molar-refractivity contribution in [2.24, 2.45) is 5.41 Å². The van der Waals surface area contributed by atoms with Crippen molar-refractivity contribution in [2.45, 2.75) is 51.2 Å². The highest BCUT2D eigenvalue weighted by Gasteiger charge is 2.56. The molecule has 2 aliphatic rings. The van der Waals surface area contributed by atoms with Gasteiger partial charge in [0, 0.05) is 23.8 Å². The Hall–Kier alpha value is -0.800. The molecular weight excluding hydrogens is 277 g/mol. The van der Waals surface area contributed by atoms with Crippen LogP contribution in [0.1, 0.15) is 39.0 Å². The number of ether oxygens (including phenoxy) is 1. The zero-order chi connectivity index (χ0) is 14.2. The lowest BCUT2D eigenvalue weighted by atomic mass is 9.60. The second kappa shape index (κ2) is 5.53. The molecule has 0 amide bonds. The second-order valence-corrected chi connectivity index (χ2v) is 6.35. The summed E-state index contributed by atoms with van der Waals surface area (Å²) in [5.41, 5.74) is 1.18. The van der Waals surface area contributed by atoms with Gasteiger partial charge in [-0.25, -0.2) is 4.39 Å². The van der Waals surface area contributed by atoms with Crippen LogP contribution in [0.2, 0.25) is 5.02 Å². The maximum absolute atomic E-state index is 13.2. The van der Waals surface area contributed by atoms with Crippen LogP contribution in [0.5, 0.6) is 0 Å². The molecule has 0 aromatic heterocycles. The molecule has 4 heteroatoms. The molecule has 0 bridgehead atoms. The van der Waals surface area contributed by atoms with Gasteiger partial charge in [0.05, 0.1) is 11.1 Å². The number of hydrogen-bond donors (Lipinski definition) is 1. The third kappa shape index (κ3) is 2.31. The van der Waals surface area contributed by atoms with Crippen LogP contribution in [0.4, 0.5) is 10.1 Å². The van der Waals surface area contributed by atoms with E-state index in [1.807, 2.05) is 0 Å². The van der Waals surface area contributed by atoms with Crippen LogP contribution >= 0.6 is 11.6 Å². The maximum atomic E-state index is 13.2. The lowest BCUT2D eigenvalue weighted by Crippen LogP contribution is -2.60. The summed E-state index contributed by atoms with van der Waals surface area (Å²) in [7, 11) is 0. The van der Waals surface area contributed by atoms with Gasteiger partial charge in [0.2, 0.25) is 0 Å². The Kier molecular flexibility index (Phi) is 3.91. The zero-order valence-electron chi connectivity index (χ0n) is 11.8. The molecule has 3 rings (SSSR count). The van der Waals surface area contributed by atoms with Crippen molar-refractivity contribution in [3.05, 3.63) is 29.0 Å². The fourth-order valence-electron chi connectivity index (χ4n) is 3.88. The minimum absolute atomic E-state index is 0.177. The lowest BCUT2D eigenvalue weighted by molar-refractivity contribution is -0.114. The van der Waals surface area contributed by atoms with Crippen LogP contribution in [0, 0.1) is 11.2 Å². The third-order valence-corrected chi connectivity index (χ3v) is 5.24. The molecular formula is C16H21ClFNO. The van der Waals surface area contributed by atoms with Gasteiger partial charge in [-0.3, -0.25) is 0 Å². The van der Waals surface area contributed by atoms with Gasteiger partial charge in [0.25, 0.3) is 0 Å². The number of nitrogens with one attached hydrogen (secondary N) is 1. The Morgan fingerprint density at radius 3 is 2.80 bits per heavy atom. The van der Waals surface area contributed by atoms with Gasteiger partial charge in [-0.2, -0.15) is 0 Å². The van der Waals surface area contributed by atoms with Crippen LogP contribution in [0.3, 0.4) is 0 Å². The molecule has 0 heterocycles. The fraction of sp³-hybridized carbons (Fsp3) is 0.625.